The van der Waals surface area contributed by atoms with E-state index in [0.717, 1.165) is 6.42 Å². The van der Waals surface area contributed by atoms with Crippen molar-refractivity contribution in [1.82, 2.24) is 20.2 Å². The summed E-state index contributed by atoms with van der Waals surface area (Å²) in [5, 5.41) is 2.79. The number of carbonyl (C=O) groups is 1. The molecule has 7 heteroatoms. The Kier molecular flexibility index (Phi) is 4.91. The molecule has 1 N–H and O–H groups in total. The van der Waals surface area contributed by atoms with Crippen LogP contribution < -0.4 is 10.1 Å². The summed E-state index contributed by atoms with van der Waals surface area (Å²) in [5.74, 6) is 0.543. The molecule has 0 unspecified atom stereocenters. The summed E-state index contributed by atoms with van der Waals surface area (Å²) in [4.78, 5) is 21.4. The highest BCUT2D eigenvalue weighted by molar-refractivity contribution is 5.74. The van der Waals surface area contributed by atoms with Crippen molar-refractivity contribution in [3.05, 3.63) is 18.6 Å². The number of nitrogens with zero attached hydrogens (tertiary/aromatic N) is 3. The van der Waals surface area contributed by atoms with E-state index in [1.54, 1.807) is 24.3 Å². The molecule has 0 spiro atoms. The molecule has 1 aromatic rings. The van der Waals surface area contributed by atoms with Crippen molar-refractivity contribution in [2.75, 3.05) is 33.4 Å². The van der Waals surface area contributed by atoms with E-state index in [1.165, 1.54) is 6.33 Å². The van der Waals surface area contributed by atoms with Gasteiger partial charge in [-0.05, 0) is 0 Å². The topological polar surface area (TPSA) is 76.6 Å². The van der Waals surface area contributed by atoms with Crippen LogP contribution in [0.4, 0.5) is 4.79 Å². The van der Waals surface area contributed by atoms with Gasteiger partial charge in [-0.2, -0.15) is 0 Å². The van der Waals surface area contributed by atoms with E-state index < -0.39 is 0 Å². The molecular formula is C12H18N4O3. The van der Waals surface area contributed by atoms with Crippen molar-refractivity contribution < 1.29 is 14.3 Å². The lowest BCUT2D eigenvalue weighted by molar-refractivity contribution is 0.174. The minimum atomic E-state index is -0.0779. The summed E-state index contributed by atoms with van der Waals surface area (Å²) in [5.41, 5.74) is 0. The van der Waals surface area contributed by atoms with Crippen molar-refractivity contribution in [2.24, 2.45) is 0 Å². The first-order valence-electron chi connectivity index (χ1n) is 6.24. The van der Waals surface area contributed by atoms with Crippen molar-refractivity contribution >= 4 is 6.03 Å². The van der Waals surface area contributed by atoms with Crippen molar-refractivity contribution in [3.8, 4) is 5.88 Å². The third-order valence-electron chi connectivity index (χ3n) is 2.86. The average Bonchev–Trinajstić information content (AvgIpc) is 2.89. The zero-order valence-corrected chi connectivity index (χ0v) is 10.9. The van der Waals surface area contributed by atoms with Gasteiger partial charge in [0.1, 0.15) is 12.4 Å². The van der Waals surface area contributed by atoms with E-state index in [1.807, 2.05) is 0 Å². The maximum atomic E-state index is 11.8. The highest BCUT2D eigenvalue weighted by Gasteiger charge is 2.27. The number of hydrogen-bond donors (Lipinski definition) is 1. The number of amides is 2. The molecule has 2 heterocycles. The lowest BCUT2D eigenvalue weighted by atomic mass is 10.3. The van der Waals surface area contributed by atoms with E-state index in [2.05, 4.69) is 15.3 Å². The highest BCUT2D eigenvalue weighted by Crippen LogP contribution is 2.15. The van der Waals surface area contributed by atoms with Gasteiger partial charge in [-0.25, -0.2) is 14.8 Å². The first-order valence-corrected chi connectivity index (χ1v) is 6.24. The molecule has 104 valence electrons. The Bertz CT molecular complexity index is 401. The minimum Gasteiger partial charge on any atom is -0.472 e. The van der Waals surface area contributed by atoms with Crippen LogP contribution in [0.2, 0.25) is 0 Å². The van der Waals surface area contributed by atoms with Crippen LogP contribution in [0.5, 0.6) is 5.88 Å². The molecule has 0 aliphatic carbocycles. The standard InChI is InChI=1S/C12H18N4O3/c1-18-7-5-14-12(17)16-6-3-10(8-16)19-11-2-4-13-9-15-11/h2,4,9-10H,3,5-8H2,1H3,(H,14,17)/t10-/m1/s1. The Morgan fingerprint density at radius 3 is 3.26 bits per heavy atom. The number of methoxy groups -OCH3 is 1. The fourth-order valence-electron chi connectivity index (χ4n) is 1.90. The van der Waals surface area contributed by atoms with Gasteiger partial charge >= 0.3 is 6.03 Å². The Labute approximate surface area is 111 Å². The molecule has 0 aromatic carbocycles. The van der Waals surface area contributed by atoms with Crippen LogP contribution >= 0.6 is 0 Å². The van der Waals surface area contributed by atoms with Crippen LogP contribution in [-0.4, -0.2) is 60.4 Å². The number of nitrogens with one attached hydrogen (secondary N) is 1. The zero-order valence-electron chi connectivity index (χ0n) is 10.9. The van der Waals surface area contributed by atoms with E-state index >= 15 is 0 Å². The summed E-state index contributed by atoms with van der Waals surface area (Å²) >= 11 is 0. The minimum absolute atomic E-state index is 0.0110. The van der Waals surface area contributed by atoms with Crippen LogP contribution in [0.25, 0.3) is 0 Å². The molecule has 0 saturated carbocycles. The van der Waals surface area contributed by atoms with Crippen LogP contribution in [0.3, 0.4) is 0 Å². The van der Waals surface area contributed by atoms with Gasteiger partial charge in [-0.15, -0.1) is 0 Å². The fraction of sp³-hybridized carbons (Fsp3) is 0.583. The van der Waals surface area contributed by atoms with Gasteiger partial charge in [0, 0.05) is 38.9 Å². The second-order valence-corrected chi connectivity index (χ2v) is 4.25. The summed E-state index contributed by atoms with van der Waals surface area (Å²) < 4.78 is 10.6. The van der Waals surface area contributed by atoms with E-state index in [0.29, 0.717) is 32.1 Å². The number of urea groups is 1. The number of carbonyl (C=O) groups excluding carboxylic acids is 1. The Morgan fingerprint density at radius 2 is 2.53 bits per heavy atom. The molecule has 19 heavy (non-hydrogen) atoms. The summed E-state index contributed by atoms with van der Waals surface area (Å²) in [6.07, 6.45) is 3.87. The molecule has 1 aliphatic heterocycles. The number of hydrogen-bond acceptors (Lipinski definition) is 5. The average molecular weight is 266 g/mol. The fourth-order valence-corrected chi connectivity index (χ4v) is 1.90. The first kappa shape index (κ1) is 13.5. The van der Waals surface area contributed by atoms with E-state index in [-0.39, 0.29) is 12.1 Å². The first-order chi connectivity index (χ1) is 9.29. The molecule has 1 saturated heterocycles. The largest absolute Gasteiger partial charge is 0.472 e. The lowest BCUT2D eigenvalue weighted by Gasteiger charge is -2.17. The normalized spacial score (nSPS) is 18.4. The monoisotopic (exact) mass is 266 g/mol. The highest BCUT2D eigenvalue weighted by atomic mass is 16.5. The maximum absolute atomic E-state index is 11.8. The number of rotatable bonds is 5. The maximum Gasteiger partial charge on any atom is 0.317 e. The van der Waals surface area contributed by atoms with E-state index in [4.69, 9.17) is 9.47 Å². The van der Waals surface area contributed by atoms with Gasteiger partial charge in [0.2, 0.25) is 5.88 Å². The number of aromatic nitrogens is 2. The van der Waals surface area contributed by atoms with Crippen LogP contribution in [0, 0.1) is 0 Å². The smallest absolute Gasteiger partial charge is 0.317 e. The van der Waals surface area contributed by atoms with Gasteiger partial charge in [0.15, 0.2) is 0 Å². The van der Waals surface area contributed by atoms with Crippen molar-refractivity contribution in [3.63, 3.8) is 0 Å². The summed E-state index contributed by atoms with van der Waals surface area (Å²) in [6.45, 7) is 2.29. The van der Waals surface area contributed by atoms with Gasteiger partial charge < -0.3 is 19.7 Å². The summed E-state index contributed by atoms with van der Waals surface area (Å²) in [7, 11) is 1.60. The predicted molar refractivity (Wildman–Crippen MR) is 67.9 cm³/mol. The van der Waals surface area contributed by atoms with Crippen molar-refractivity contribution in [2.45, 2.75) is 12.5 Å². The van der Waals surface area contributed by atoms with Gasteiger partial charge in [-0.1, -0.05) is 0 Å². The molecular weight excluding hydrogens is 248 g/mol. The van der Waals surface area contributed by atoms with Crippen molar-refractivity contribution in [1.29, 1.82) is 0 Å². The van der Waals surface area contributed by atoms with E-state index in [9.17, 15) is 4.79 Å². The number of likely N-dealkylation sites (tertiary alicyclic amines) is 1. The number of ether oxygens (including phenoxy) is 2. The molecule has 2 rings (SSSR count). The quantitative estimate of drug-likeness (QED) is 0.775. The van der Waals surface area contributed by atoms with Crippen LogP contribution in [0.15, 0.2) is 18.6 Å². The Hall–Kier alpha value is -1.89. The third-order valence-corrected chi connectivity index (χ3v) is 2.86. The molecule has 1 fully saturated rings. The van der Waals surface area contributed by atoms with Gasteiger partial charge in [0.25, 0.3) is 0 Å². The second kappa shape index (κ2) is 6.89. The van der Waals surface area contributed by atoms with Gasteiger partial charge in [0.05, 0.1) is 13.2 Å². The lowest BCUT2D eigenvalue weighted by Crippen LogP contribution is -2.40. The predicted octanol–water partition coefficient (Wildman–Crippen LogP) is 0.286. The SMILES string of the molecule is COCCNC(=O)N1CC[C@@H](Oc2ccncn2)C1. The molecule has 1 aliphatic rings. The van der Waals surface area contributed by atoms with Crippen LogP contribution in [0.1, 0.15) is 6.42 Å². The van der Waals surface area contributed by atoms with Gasteiger partial charge in [-0.3, -0.25) is 0 Å². The second-order valence-electron chi connectivity index (χ2n) is 4.25. The molecule has 0 radical (unpaired) electrons. The van der Waals surface area contributed by atoms with Crippen LogP contribution in [-0.2, 0) is 4.74 Å². The summed E-state index contributed by atoms with van der Waals surface area (Å²) in [6, 6.07) is 1.63. The molecule has 0 bridgehead atoms. The molecule has 7 nitrogen and oxygen atoms in total. The third kappa shape index (κ3) is 4.06. The molecule has 1 aromatic heterocycles. The Balaban J connectivity index is 1.75. The zero-order chi connectivity index (χ0) is 13.5. The molecule has 1 atom stereocenters. The Morgan fingerprint density at radius 1 is 1.63 bits per heavy atom. The molecule has 2 amide bonds.